The molecule has 0 spiro atoms. The number of nitrogens with one attached hydrogen (secondary N) is 1. The van der Waals surface area contributed by atoms with Crippen molar-refractivity contribution in [1.82, 2.24) is 24.6 Å². The van der Waals surface area contributed by atoms with Gasteiger partial charge in [0, 0.05) is 35.8 Å². The first kappa shape index (κ1) is 24.4. The maximum Gasteiger partial charge on any atom is 0.259 e. The molecule has 0 aliphatic carbocycles. The van der Waals surface area contributed by atoms with Crippen LogP contribution in [0.1, 0.15) is 46.9 Å². The first-order valence-corrected chi connectivity index (χ1v) is 12.1. The standard InChI is InChI=1S/C27H29ClN6O/c1-5-33(6-2)27(35)24-17-29-34(22-10-8-7-9-11-22)26(24)32-25-23(18(3)30-19(4)31-25)16-20-12-14-21(28)15-13-20/h7-15,17H,5-6,16H2,1-4H3,(H,30,31,32). The molecule has 0 fully saturated rings. The lowest BCUT2D eigenvalue weighted by Gasteiger charge is -2.20. The summed E-state index contributed by atoms with van der Waals surface area (Å²) in [5, 5.41) is 8.72. The van der Waals surface area contributed by atoms with E-state index in [1.54, 1.807) is 15.8 Å². The van der Waals surface area contributed by atoms with Crippen molar-refractivity contribution < 1.29 is 4.79 Å². The Labute approximate surface area is 210 Å². The minimum Gasteiger partial charge on any atom is -0.339 e. The maximum absolute atomic E-state index is 13.4. The molecule has 0 aliphatic heterocycles. The van der Waals surface area contributed by atoms with E-state index in [2.05, 4.69) is 15.4 Å². The predicted octanol–water partition coefficient (Wildman–Crippen LogP) is 5.75. The van der Waals surface area contributed by atoms with Gasteiger partial charge in [-0.15, -0.1) is 0 Å². The van der Waals surface area contributed by atoms with Crippen LogP contribution in [0.25, 0.3) is 5.69 Å². The van der Waals surface area contributed by atoms with Gasteiger partial charge in [0.15, 0.2) is 0 Å². The molecule has 8 heteroatoms. The smallest absolute Gasteiger partial charge is 0.259 e. The van der Waals surface area contributed by atoms with Crippen molar-refractivity contribution in [3.63, 3.8) is 0 Å². The van der Waals surface area contributed by atoms with Gasteiger partial charge in [0.05, 0.1) is 11.9 Å². The minimum atomic E-state index is -0.0820. The molecule has 2 aromatic carbocycles. The fourth-order valence-corrected chi connectivity index (χ4v) is 4.17. The van der Waals surface area contributed by atoms with Crippen LogP contribution in [0.4, 0.5) is 11.6 Å². The van der Waals surface area contributed by atoms with Gasteiger partial charge < -0.3 is 10.2 Å². The van der Waals surface area contributed by atoms with Gasteiger partial charge in [0.1, 0.15) is 23.0 Å². The number of hydrogen-bond donors (Lipinski definition) is 1. The summed E-state index contributed by atoms with van der Waals surface area (Å²) in [6.07, 6.45) is 2.24. The third-order valence-corrected chi connectivity index (χ3v) is 6.16. The number of halogens is 1. The van der Waals surface area contributed by atoms with Crippen molar-refractivity contribution >= 4 is 29.1 Å². The molecule has 0 saturated heterocycles. The van der Waals surface area contributed by atoms with Crippen LogP contribution in [0.2, 0.25) is 5.02 Å². The summed E-state index contributed by atoms with van der Waals surface area (Å²) in [6.45, 7) is 8.99. The van der Waals surface area contributed by atoms with E-state index in [0.717, 1.165) is 22.5 Å². The SMILES string of the molecule is CCN(CC)C(=O)c1cnn(-c2ccccc2)c1Nc1nc(C)nc(C)c1Cc1ccc(Cl)cc1. The number of aryl methyl sites for hydroxylation is 2. The molecule has 0 aliphatic rings. The Morgan fingerprint density at radius 3 is 2.34 bits per heavy atom. The highest BCUT2D eigenvalue weighted by molar-refractivity contribution is 6.30. The number of anilines is 2. The minimum absolute atomic E-state index is 0.0820. The zero-order valence-corrected chi connectivity index (χ0v) is 21.2. The summed E-state index contributed by atoms with van der Waals surface area (Å²) >= 11 is 6.08. The highest BCUT2D eigenvalue weighted by Crippen LogP contribution is 2.29. The predicted molar refractivity (Wildman–Crippen MR) is 140 cm³/mol. The molecule has 180 valence electrons. The second kappa shape index (κ2) is 10.7. The molecule has 0 atom stereocenters. The van der Waals surface area contributed by atoms with Crippen LogP contribution in [0.15, 0.2) is 60.8 Å². The van der Waals surface area contributed by atoms with Crippen molar-refractivity contribution in [2.24, 2.45) is 0 Å². The number of carbonyl (C=O) groups excluding carboxylic acids is 1. The lowest BCUT2D eigenvalue weighted by Crippen LogP contribution is -2.30. The molecule has 4 rings (SSSR count). The molecule has 1 amide bonds. The summed E-state index contributed by atoms with van der Waals surface area (Å²) in [5.41, 5.74) is 4.24. The maximum atomic E-state index is 13.4. The van der Waals surface area contributed by atoms with Crippen LogP contribution < -0.4 is 5.32 Å². The number of hydrogen-bond acceptors (Lipinski definition) is 5. The van der Waals surface area contributed by atoms with E-state index < -0.39 is 0 Å². The number of para-hydroxylation sites is 1. The number of nitrogens with zero attached hydrogens (tertiary/aromatic N) is 5. The average Bonchev–Trinajstić information content (AvgIpc) is 3.27. The molecule has 35 heavy (non-hydrogen) atoms. The Morgan fingerprint density at radius 1 is 1.00 bits per heavy atom. The van der Waals surface area contributed by atoms with Crippen molar-refractivity contribution in [2.45, 2.75) is 34.1 Å². The van der Waals surface area contributed by atoms with Gasteiger partial charge in [0.2, 0.25) is 0 Å². The van der Waals surface area contributed by atoms with E-state index in [4.69, 9.17) is 16.6 Å². The van der Waals surface area contributed by atoms with Gasteiger partial charge in [-0.3, -0.25) is 4.79 Å². The molecule has 0 bridgehead atoms. The lowest BCUT2D eigenvalue weighted by molar-refractivity contribution is 0.0774. The molecule has 0 unspecified atom stereocenters. The third kappa shape index (κ3) is 5.35. The summed E-state index contributed by atoms with van der Waals surface area (Å²) in [6, 6.07) is 17.5. The van der Waals surface area contributed by atoms with E-state index in [0.29, 0.717) is 47.6 Å². The zero-order chi connectivity index (χ0) is 24.9. The first-order valence-electron chi connectivity index (χ1n) is 11.7. The van der Waals surface area contributed by atoms with E-state index in [-0.39, 0.29) is 5.91 Å². The number of rotatable bonds is 8. The second-order valence-electron chi connectivity index (χ2n) is 8.24. The van der Waals surface area contributed by atoms with Gasteiger partial charge in [-0.25, -0.2) is 14.6 Å². The van der Waals surface area contributed by atoms with Crippen LogP contribution in [0.3, 0.4) is 0 Å². The fourth-order valence-electron chi connectivity index (χ4n) is 4.04. The summed E-state index contributed by atoms with van der Waals surface area (Å²) in [7, 11) is 0. The zero-order valence-electron chi connectivity index (χ0n) is 20.4. The van der Waals surface area contributed by atoms with Gasteiger partial charge in [-0.05, 0) is 57.5 Å². The van der Waals surface area contributed by atoms with Crippen LogP contribution in [0.5, 0.6) is 0 Å². The van der Waals surface area contributed by atoms with Crippen molar-refractivity contribution in [2.75, 3.05) is 18.4 Å². The Bertz CT molecular complexity index is 1310. The average molecular weight is 489 g/mol. The monoisotopic (exact) mass is 488 g/mol. The van der Waals surface area contributed by atoms with Crippen LogP contribution >= 0.6 is 11.6 Å². The second-order valence-corrected chi connectivity index (χ2v) is 8.68. The third-order valence-electron chi connectivity index (χ3n) is 5.91. The highest BCUT2D eigenvalue weighted by Gasteiger charge is 2.24. The van der Waals surface area contributed by atoms with Crippen molar-refractivity contribution in [1.29, 1.82) is 0 Å². The van der Waals surface area contributed by atoms with Crippen LogP contribution in [-0.4, -0.2) is 43.6 Å². The molecule has 2 heterocycles. The Hall–Kier alpha value is -3.71. The molecule has 4 aromatic rings. The highest BCUT2D eigenvalue weighted by atomic mass is 35.5. The topological polar surface area (TPSA) is 75.9 Å². The molecular weight excluding hydrogens is 460 g/mol. The summed E-state index contributed by atoms with van der Waals surface area (Å²) in [5.74, 6) is 1.79. The van der Waals surface area contributed by atoms with Crippen molar-refractivity contribution in [3.05, 3.63) is 94.0 Å². The number of amides is 1. The molecule has 1 N–H and O–H groups in total. The normalized spacial score (nSPS) is 10.9. The number of benzene rings is 2. The Balaban J connectivity index is 1.82. The van der Waals surface area contributed by atoms with Crippen LogP contribution in [0, 0.1) is 13.8 Å². The van der Waals surface area contributed by atoms with E-state index in [9.17, 15) is 4.79 Å². The van der Waals surface area contributed by atoms with Gasteiger partial charge in [-0.2, -0.15) is 5.10 Å². The molecule has 2 aromatic heterocycles. The Morgan fingerprint density at radius 2 is 1.69 bits per heavy atom. The lowest BCUT2D eigenvalue weighted by atomic mass is 10.0. The molecule has 0 radical (unpaired) electrons. The summed E-state index contributed by atoms with van der Waals surface area (Å²) in [4.78, 5) is 24.5. The summed E-state index contributed by atoms with van der Waals surface area (Å²) < 4.78 is 1.75. The molecule has 7 nitrogen and oxygen atoms in total. The van der Waals surface area contributed by atoms with E-state index in [1.807, 2.05) is 82.3 Å². The molecule has 0 saturated carbocycles. The van der Waals surface area contributed by atoms with E-state index >= 15 is 0 Å². The quantitative estimate of drug-likeness (QED) is 0.342. The van der Waals surface area contributed by atoms with Crippen molar-refractivity contribution in [3.8, 4) is 5.69 Å². The fraction of sp³-hybridized carbons (Fsp3) is 0.259. The van der Waals surface area contributed by atoms with E-state index in [1.165, 1.54) is 0 Å². The molecular formula is C27H29ClN6O. The van der Waals surface area contributed by atoms with Gasteiger partial charge in [0.25, 0.3) is 5.91 Å². The largest absolute Gasteiger partial charge is 0.339 e. The first-order chi connectivity index (χ1) is 16.9. The number of aromatic nitrogens is 4. The number of carbonyl (C=O) groups is 1. The Kier molecular flexibility index (Phi) is 7.46. The van der Waals surface area contributed by atoms with Gasteiger partial charge >= 0.3 is 0 Å². The van der Waals surface area contributed by atoms with Gasteiger partial charge in [-0.1, -0.05) is 41.9 Å². The van der Waals surface area contributed by atoms with Crippen LogP contribution in [-0.2, 0) is 6.42 Å².